The second kappa shape index (κ2) is 5.73. The number of hydrogen-bond acceptors (Lipinski definition) is 3. The van der Waals surface area contributed by atoms with Crippen LogP contribution in [0.15, 0.2) is 54.6 Å². The van der Waals surface area contributed by atoms with Crippen LogP contribution in [0.5, 0.6) is 0 Å². The molecule has 0 aliphatic heterocycles. The zero-order valence-corrected chi connectivity index (χ0v) is 12.8. The van der Waals surface area contributed by atoms with Crippen LogP contribution in [0.3, 0.4) is 0 Å². The summed E-state index contributed by atoms with van der Waals surface area (Å²) in [5, 5.41) is 0.188. The Hall–Kier alpha value is -2.87. The van der Waals surface area contributed by atoms with Gasteiger partial charge in [0.25, 0.3) is 0 Å². The number of allylic oxidation sites excluding steroid dienone is 2. The monoisotopic (exact) mass is 316 g/mol. The second-order valence-corrected chi connectivity index (χ2v) is 5.41. The topological polar surface area (TPSA) is 38.7 Å². The quantitative estimate of drug-likeness (QED) is 0.643. The van der Waals surface area contributed by atoms with E-state index in [-0.39, 0.29) is 5.28 Å². The van der Waals surface area contributed by atoms with Crippen LogP contribution in [0.2, 0.25) is 5.28 Å². The largest absolute Gasteiger partial charge is 0.226 e. The van der Waals surface area contributed by atoms with E-state index < -0.39 is 0 Å². The summed E-state index contributed by atoms with van der Waals surface area (Å²) < 4.78 is 0. The van der Waals surface area contributed by atoms with Crippen molar-refractivity contribution in [3.05, 3.63) is 77.1 Å². The lowest BCUT2D eigenvalue weighted by molar-refractivity contribution is 1.06. The fourth-order valence-electron chi connectivity index (χ4n) is 2.55. The minimum absolute atomic E-state index is 0.188. The van der Waals surface area contributed by atoms with Crippen LogP contribution in [0, 0.1) is 6.08 Å². The van der Waals surface area contributed by atoms with Crippen molar-refractivity contribution in [2.75, 3.05) is 0 Å². The molecule has 0 atom stereocenters. The van der Waals surface area contributed by atoms with Crippen molar-refractivity contribution < 1.29 is 0 Å². The zero-order valence-electron chi connectivity index (χ0n) is 12.1. The summed E-state index contributed by atoms with van der Waals surface area (Å²) in [5.41, 5.74) is 3.99. The van der Waals surface area contributed by atoms with Crippen LogP contribution in [0.1, 0.15) is 11.1 Å². The Morgan fingerprint density at radius 3 is 2.52 bits per heavy atom. The molecular formula is C19H11ClN3+. The molecule has 23 heavy (non-hydrogen) atoms. The van der Waals surface area contributed by atoms with E-state index in [0.29, 0.717) is 11.6 Å². The molecule has 0 fully saturated rings. The summed E-state index contributed by atoms with van der Waals surface area (Å²) in [6.45, 7) is 0. The number of halogens is 1. The molecule has 0 radical (unpaired) electrons. The highest BCUT2D eigenvalue weighted by molar-refractivity contribution is 6.28. The first-order valence-corrected chi connectivity index (χ1v) is 7.55. The van der Waals surface area contributed by atoms with Gasteiger partial charge in [0.15, 0.2) is 11.6 Å². The van der Waals surface area contributed by atoms with Gasteiger partial charge in [0, 0.05) is 17.7 Å². The summed E-state index contributed by atoms with van der Waals surface area (Å²) in [7, 11) is 0. The first-order chi connectivity index (χ1) is 11.3. The molecule has 0 amide bonds. The first kappa shape index (κ1) is 13.8. The SMILES string of the molecule is Clc1nc(-c2ccccc2)nc(-c2cccc3c2C=C[C+]=C3)n1. The van der Waals surface area contributed by atoms with Crippen LogP contribution >= 0.6 is 11.6 Å². The van der Waals surface area contributed by atoms with Crippen LogP contribution < -0.4 is 0 Å². The molecule has 0 bridgehead atoms. The standard InChI is InChI=1S/C19H11ClN3/c20-19-22-17(14-8-2-1-3-9-14)21-18(23-19)16-12-6-10-13-7-4-5-11-15(13)16/h1-3,5-12H/q+1. The lowest BCUT2D eigenvalue weighted by Crippen LogP contribution is -1.99. The van der Waals surface area contributed by atoms with Crippen molar-refractivity contribution in [1.29, 1.82) is 0 Å². The summed E-state index contributed by atoms with van der Waals surface area (Å²) in [5.74, 6) is 1.14. The molecular weight excluding hydrogens is 306 g/mol. The van der Waals surface area contributed by atoms with Gasteiger partial charge in [0.2, 0.25) is 5.28 Å². The van der Waals surface area contributed by atoms with Gasteiger partial charge >= 0.3 is 0 Å². The van der Waals surface area contributed by atoms with Crippen molar-refractivity contribution in [3.63, 3.8) is 0 Å². The van der Waals surface area contributed by atoms with Crippen molar-refractivity contribution in [3.8, 4) is 22.8 Å². The molecule has 3 nitrogen and oxygen atoms in total. The highest BCUT2D eigenvalue weighted by atomic mass is 35.5. The van der Waals surface area contributed by atoms with Gasteiger partial charge in [-0.25, -0.2) is 4.98 Å². The molecule has 0 saturated carbocycles. The molecule has 1 aliphatic carbocycles. The minimum atomic E-state index is 0.188. The highest BCUT2D eigenvalue weighted by Crippen LogP contribution is 2.29. The fraction of sp³-hybridized carbons (Fsp3) is 0. The lowest BCUT2D eigenvalue weighted by atomic mass is 9.97. The summed E-state index contributed by atoms with van der Waals surface area (Å²) in [6.07, 6.45) is 8.91. The van der Waals surface area contributed by atoms with Gasteiger partial charge in [0.05, 0.1) is 17.2 Å². The molecule has 1 heterocycles. The van der Waals surface area contributed by atoms with E-state index in [4.69, 9.17) is 11.6 Å². The molecule has 4 heteroatoms. The van der Waals surface area contributed by atoms with Gasteiger partial charge in [-0.15, -0.1) is 0 Å². The van der Waals surface area contributed by atoms with E-state index in [2.05, 4.69) is 21.0 Å². The van der Waals surface area contributed by atoms with Crippen molar-refractivity contribution in [2.45, 2.75) is 0 Å². The van der Waals surface area contributed by atoms with E-state index in [0.717, 1.165) is 22.3 Å². The molecule has 0 saturated heterocycles. The van der Waals surface area contributed by atoms with Crippen LogP contribution in [0.4, 0.5) is 0 Å². The van der Waals surface area contributed by atoms with Gasteiger partial charge in [-0.3, -0.25) is 0 Å². The Labute approximate surface area is 139 Å². The average Bonchev–Trinajstić information content (AvgIpc) is 2.61. The van der Waals surface area contributed by atoms with E-state index >= 15 is 0 Å². The van der Waals surface area contributed by atoms with Crippen LogP contribution in [0.25, 0.3) is 34.9 Å². The van der Waals surface area contributed by atoms with Gasteiger partial charge in [-0.2, -0.15) is 9.97 Å². The van der Waals surface area contributed by atoms with E-state index in [9.17, 15) is 0 Å². The van der Waals surface area contributed by atoms with Gasteiger partial charge in [-0.05, 0) is 23.7 Å². The highest BCUT2D eigenvalue weighted by Gasteiger charge is 2.18. The molecule has 0 N–H and O–H groups in total. The molecule has 1 aliphatic rings. The maximum Gasteiger partial charge on any atom is 0.226 e. The Bertz CT molecular complexity index is 931. The fourth-order valence-corrected chi connectivity index (χ4v) is 2.71. The average molecular weight is 317 g/mol. The number of aromatic nitrogens is 3. The minimum Gasteiger partial charge on any atom is -0.208 e. The number of nitrogens with zero attached hydrogens (tertiary/aromatic N) is 3. The third-order valence-corrected chi connectivity index (χ3v) is 3.77. The van der Waals surface area contributed by atoms with Crippen LogP contribution in [-0.2, 0) is 0 Å². The van der Waals surface area contributed by atoms with Gasteiger partial charge < -0.3 is 0 Å². The lowest BCUT2D eigenvalue weighted by Gasteiger charge is -2.07. The number of hydrogen-bond donors (Lipinski definition) is 0. The van der Waals surface area contributed by atoms with Crippen molar-refractivity contribution in [1.82, 2.24) is 15.0 Å². The maximum absolute atomic E-state index is 6.13. The Balaban J connectivity index is 1.90. The molecule has 1 aromatic heterocycles. The molecule has 0 unspecified atom stereocenters. The van der Waals surface area contributed by atoms with Crippen LogP contribution in [-0.4, -0.2) is 15.0 Å². The molecule has 2 aromatic carbocycles. The molecule has 4 rings (SSSR count). The number of benzene rings is 2. The number of rotatable bonds is 2. The van der Waals surface area contributed by atoms with E-state index in [1.807, 2.05) is 66.8 Å². The van der Waals surface area contributed by atoms with Crippen molar-refractivity contribution in [2.24, 2.45) is 0 Å². The Morgan fingerprint density at radius 1 is 0.826 bits per heavy atom. The Morgan fingerprint density at radius 2 is 1.65 bits per heavy atom. The first-order valence-electron chi connectivity index (χ1n) is 7.17. The summed E-state index contributed by atoms with van der Waals surface area (Å²) >= 11 is 6.13. The van der Waals surface area contributed by atoms with E-state index in [1.165, 1.54) is 0 Å². The smallest absolute Gasteiger partial charge is 0.208 e. The van der Waals surface area contributed by atoms with Crippen molar-refractivity contribution >= 4 is 23.8 Å². The predicted octanol–water partition coefficient (Wildman–Crippen LogP) is 4.70. The third kappa shape index (κ3) is 2.64. The normalized spacial score (nSPS) is 11.9. The zero-order chi connectivity index (χ0) is 15.6. The predicted molar refractivity (Wildman–Crippen MR) is 92.5 cm³/mol. The second-order valence-electron chi connectivity index (χ2n) is 5.07. The third-order valence-electron chi connectivity index (χ3n) is 3.61. The Kier molecular flexibility index (Phi) is 3.43. The van der Waals surface area contributed by atoms with Gasteiger partial charge in [-0.1, -0.05) is 30.3 Å². The van der Waals surface area contributed by atoms with Gasteiger partial charge in [0.1, 0.15) is 17.7 Å². The summed E-state index contributed by atoms with van der Waals surface area (Å²) in [6, 6.07) is 15.8. The molecule has 0 spiro atoms. The molecule has 108 valence electrons. The maximum atomic E-state index is 6.13. The number of fused-ring (bicyclic) bond motifs is 1. The summed E-state index contributed by atoms with van der Waals surface area (Å²) in [4.78, 5) is 13.2. The molecule has 3 aromatic rings. The van der Waals surface area contributed by atoms with E-state index in [1.54, 1.807) is 0 Å².